The van der Waals surface area contributed by atoms with E-state index >= 15 is 0 Å². The zero-order valence-electron chi connectivity index (χ0n) is 11.3. The van der Waals surface area contributed by atoms with Crippen LogP contribution in [0.15, 0.2) is 30.3 Å². The first-order valence-electron chi connectivity index (χ1n) is 6.85. The van der Waals surface area contributed by atoms with E-state index in [1.165, 1.54) is 0 Å². The van der Waals surface area contributed by atoms with Gasteiger partial charge < -0.3 is 15.8 Å². The minimum Gasteiger partial charge on any atom is -0.381 e. The molecule has 0 radical (unpaired) electrons. The highest BCUT2D eigenvalue weighted by molar-refractivity contribution is 5.81. The highest BCUT2D eigenvalue weighted by Crippen LogP contribution is 2.26. The van der Waals surface area contributed by atoms with E-state index in [2.05, 4.69) is 5.32 Å². The Labute approximate surface area is 114 Å². The van der Waals surface area contributed by atoms with Crippen LogP contribution in [-0.2, 0) is 9.53 Å². The van der Waals surface area contributed by atoms with Crippen LogP contribution in [0.1, 0.15) is 31.4 Å². The fraction of sp³-hybridized carbons (Fsp3) is 0.533. The molecule has 1 amide bonds. The van der Waals surface area contributed by atoms with Crippen molar-refractivity contribution in [3.63, 3.8) is 0 Å². The smallest absolute Gasteiger partial charge is 0.237 e. The van der Waals surface area contributed by atoms with Gasteiger partial charge in [-0.15, -0.1) is 0 Å². The molecule has 1 fully saturated rings. The number of ether oxygens (including phenoxy) is 1. The normalized spacial score (nSPS) is 21.9. The molecule has 3 atom stereocenters. The van der Waals surface area contributed by atoms with Gasteiger partial charge in [0.1, 0.15) is 0 Å². The lowest BCUT2D eigenvalue weighted by atomic mass is 9.94. The molecule has 1 heterocycles. The maximum atomic E-state index is 11.8. The first kappa shape index (κ1) is 14.0. The zero-order valence-corrected chi connectivity index (χ0v) is 11.3. The Balaban J connectivity index is 2.06. The van der Waals surface area contributed by atoms with Crippen molar-refractivity contribution in [2.45, 2.75) is 31.8 Å². The van der Waals surface area contributed by atoms with Gasteiger partial charge in [0.2, 0.25) is 5.91 Å². The number of hydrogen-bond acceptors (Lipinski definition) is 3. The molecule has 1 aliphatic heterocycles. The molecule has 104 valence electrons. The standard InChI is InChI=1S/C15H22N2O2/c1-11(16)15(18)17-14(9-12-7-8-19-10-12)13-5-3-2-4-6-13/h2-6,11-12,14H,7-10,16H2,1H3,(H,17,18)/t11-,12?,14?/m1/s1. The van der Waals surface area contributed by atoms with Crippen LogP contribution in [0.25, 0.3) is 0 Å². The van der Waals surface area contributed by atoms with Crippen LogP contribution in [0.4, 0.5) is 0 Å². The maximum Gasteiger partial charge on any atom is 0.237 e. The van der Waals surface area contributed by atoms with Crippen molar-refractivity contribution < 1.29 is 9.53 Å². The Morgan fingerprint density at radius 1 is 1.47 bits per heavy atom. The Bertz CT molecular complexity index is 400. The molecule has 4 heteroatoms. The Morgan fingerprint density at radius 3 is 2.79 bits per heavy atom. The lowest BCUT2D eigenvalue weighted by Gasteiger charge is -2.23. The van der Waals surface area contributed by atoms with Gasteiger partial charge in [0.25, 0.3) is 0 Å². The van der Waals surface area contributed by atoms with Crippen LogP contribution in [0, 0.1) is 5.92 Å². The second-order valence-corrected chi connectivity index (χ2v) is 5.23. The Morgan fingerprint density at radius 2 is 2.21 bits per heavy atom. The van der Waals surface area contributed by atoms with E-state index in [4.69, 9.17) is 10.5 Å². The number of rotatable bonds is 5. The summed E-state index contributed by atoms with van der Waals surface area (Å²) in [5.41, 5.74) is 6.76. The van der Waals surface area contributed by atoms with E-state index in [9.17, 15) is 4.79 Å². The van der Waals surface area contributed by atoms with Crippen LogP contribution in [0.3, 0.4) is 0 Å². The second kappa shape index (κ2) is 6.68. The van der Waals surface area contributed by atoms with Gasteiger partial charge in [0.15, 0.2) is 0 Å². The summed E-state index contributed by atoms with van der Waals surface area (Å²) in [6, 6.07) is 9.59. The van der Waals surface area contributed by atoms with Gasteiger partial charge in [0.05, 0.1) is 12.1 Å². The topological polar surface area (TPSA) is 64.4 Å². The van der Waals surface area contributed by atoms with Gasteiger partial charge in [-0.1, -0.05) is 30.3 Å². The zero-order chi connectivity index (χ0) is 13.7. The number of hydrogen-bond donors (Lipinski definition) is 2. The molecule has 19 heavy (non-hydrogen) atoms. The number of nitrogens with two attached hydrogens (primary N) is 1. The predicted molar refractivity (Wildman–Crippen MR) is 74.5 cm³/mol. The summed E-state index contributed by atoms with van der Waals surface area (Å²) < 4.78 is 5.41. The maximum absolute atomic E-state index is 11.8. The SMILES string of the molecule is C[C@@H](N)C(=O)NC(CC1CCOC1)c1ccccc1. The summed E-state index contributed by atoms with van der Waals surface area (Å²) >= 11 is 0. The molecular weight excluding hydrogens is 240 g/mol. The molecule has 0 bridgehead atoms. The quantitative estimate of drug-likeness (QED) is 0.847. The summed E-state index contributed by atoms with van der Waals surface area (Å²) in [6.07, 6.45) is 1.97. The van der Waals surface area contributed by atoms with Gasteiger partial charge in [-0.2, -0.15) is 0 Å². The minimum absolute atomic E-state index is 0.0198. The van der Waals surface area contributed by atoms with E-state index < -0.39 is 6.04 Å². The van der Waals surface area contributed by atoms with Gasteiger partial charge in [-0.3, -0.25) is 4.79 Å². The van der Waals surface area contributed by atoms with Crippen molar-refractivity contribution in [1.29, 1.82) is 0 Å². The number of nitrogens with one attached hydrogen (secondary N) is 1. The van der Waals surface area contributed by atoms with Crippen LogP contribution >= 0.6 is 0 Å². The van der Waals surface area contributed by atoms with Crippen LogP contribution in [-0.4, -0.2) is 25.2 Å². The molecule has 3 N–H and O–H groups in total. The molecule has 4 nitrogen and oxygen atoms in total. The molecule has 0 spiro atoms. The van der Waals surface area contributed by atoms with Crippen molar-refractivity contribution in [2.75, 3.05) is 13.2 Å². The Hall–Kier alpha value is -1.39. The van der Waals surface area contributed by atoms with E-state index in [0.717, 1.165) is 31.6 Å². The largest absolute Gasteiger partial charge is 0.381 e. The highest BCUT2D eigenvalue weighted by atomic mass is 16.5. The third-order valence-corrected chi connectivity index (χ3v) is 3.53. The van der Waals surface area contributed by atoms with Crippen molar-refractivity contribution in [1.82, 2.24) is 5.32 Å². The monoisotopic (exact) mass is 262 g/mol. The lowest BCUT2D eigenvalue weighted by Crippen LogP contribution is -2.40. The molecule has 2 rings (SSSR count). The van der Waals surface area contributed by atoms with Gasteiger partial charge in [0, 0.05) is 13.2 Å². The Kier molecular flexibility index (Phi) is 4.93. The predicted octanol–water partition coefficient (Wildman–Crippen LogP) is 1.62. The number of benzene rings is 1. The fourth-order valence-corrected chi connectivity index (χ4v) is 2.37. The van der Waals surface area contributed by atoms with Crippen molar-refractivity contribution in [2.24, 2.45) is 11.7 Å². The molecule has 1 aromatic rings. The summed E-state index contributed by atoms with van der Waals surface area (Å²) in [6.45, 7) is 3.32. The van der Waals surface area contributed by atoms with E-state index in [-0.39, 0.29) is 11.9 Å². The molecule has 1 aliphatic rings. The summed E-state index contributed by atoms with van der Waals surface area (Å²) in [5, 5.41) is 3.04. The van der Waals surface area contributed by atoms with Crippen LogP contribution in [0.2, 0.25) is 0 Å². The molecule has 1 aromatic carbocycles. The molecule has 0 saturated carbocycles. The van der Waals surface area contributed by atoms with Gasteiger partial charge in [-0.25, -0.2) is 0 Å². The summed E-state index contributed by atoms with van der Waals surface area (Å²) in [5.74, 6) is 0.409. The molecule has 0 aliphatic carbocycles. The first-order chi connectivity index (χ1) is 9.16. The van der Waals surface area contributed by atoms with E-state index in [1.54, 1.807) is 6.92 Å². The minimum atomic E-state index is -0.481. The summed E-state index contributed by atoms with van der Waals surface area (Å²) in [7, 11) is 0. The average Bonchev–Trinajstić information content (AvgIpc) is 2.91. The average molecular weight is 262 g/mol. The lowest BCUT2D eigenvalue weighted by molar-refractivity contribution is -0.122. The van der Waals surface area contributed by atoms with Crippen molar-refractivity contribution in [3.8, 4) is 0 Å². The molecule has 0 aromatic heterocycles. The van der Waals surface area contributed by atoms with Crippen molar-refractivity contribution >= 4 is 5.91 Å². The third-order valence-electron chi connectivity index (χ3n) is 3.53. The fourth-order valence-electron chi connectivity index (χ4n) is 2.37. The first-order valence-corrected chi connectivity index (χ1v) is 6.85. The van der Waals surface area contributed by atoms with Crippen LogP contribution in [0.5, 0.6) is 0 Å². The number of carbonyl (C=O) groups excluding carboxylic acids is 1. The molecular formula is C15H22N2O2. The third kappa shape index (κ3) is 4.04. The number of carbonyl (C=O) groups is 1. The molecule has 1 saturated heterocycles. The van der Waals surface area contributed by atoms with E-state index in [1.807, 2.05) is 30.3 Å². The molecule has 2 unspecified atom stereocenters. The van der Waals surface area contributed by atoms with Crippen molar-refractivity contribution in [3.05, 3.63) is 35.9 Å². The summed E-state index contributed by atoms with van der Waals surface area (Å²) in [4.78, 5) is 11.8. The van der Waals surface area contributed by atoms with Gasteiger partial charge >= 0.3 is 0 Å². The van der Waals surface area contributed by atoms with Crippen LogP contribution < -0.4 is 11.1 Å². The second-order valence-electron chi connectivity index (χ2n) is 5.23. The van der Waals surface area contributed by atoms with Gasteiger partial charge in [-0.05, 0) is 31.2 Å². The number of amides is 1. The highest BCUT2D eigenvalue weighted by Gasteiger charge is 2.23. The van der Waals surface area contributed by atoms with E-state index in [0.29, 0.717) is 5.92 Å².